The number of carbonyl (C=O) groups is 2. The first kappa shape index (κ1) is 18.7. The van der Waals surface area contributed by atoms with Crippen molar-refractivity contribution >= 4 is 11.8 Å². The van der Waals surface area contributed by atoms with Gasteiger partial charge in [-0.2, -0.15) is 0 Å². The quantitative estimate of drug-likeness (QED) is 0.803. The fraction of sp³-hybridized carbons (Fsp3) is 0.238. The van der Waals surface area contributed by atoms with E-state index in [2.05, 4.69) is 5.32 Å². The van der Waals surface area contributed by atoms with Crippen molar-refractivity contribution in [2.75, 3.05) is 21.0 Å². The molecule has 4 rings (SSSR count). The van der Waals surface area contributed by atoms with E-state index in [0.717, 1.165) is 5.56 Å². The lowest BCUT2D eigenvalue weighted by atomic mass is 9.97. The van der Waals surface area contributed by atoms with E-state index in [1.165, 1.54) is 11.9 Å². The molecule has 2 aliphatic heterocycles. The van der Waals surface area contributed by atoms with Crippen LogP contribution in [0.15, 0.2) is 53.8 Å². The summed E-state index contributed by atoms with van der Waals surface area (Å²) in [6.45, 7) is 0.294. The van der Waals surface area contributed by atoms with E-state index in [1.807, 2.05) is 12.1 Å². The molecule has 0 fully saturated rings. The average Bonchev–Trinajstić information content (AvgIpc) is 3.31. The molecular formula is C21H20N2O6. The van der Waals surface area contributed by atoms with E-state index < -0.39 is 23.6 Å². The topological polar surface area (TPSA) is 97.3 Å². The van der Waals surface area contributed by atoms with Gasteiger partial charge in [0.25, 0.3) is 11.8 Å². The van der Waals surface area contributed by atoms with E-state index >= 15 is 0 Å². The molecule has 0 radical (unpaired) electrons. The predicted octanol–water partition coefficient (Wildman–Crippen LogP) is 2.07. The first-order chi connectivity index (χ1) is 14.0. The van der Waals surface area contributed by atoms with Crippen LogP contribution in [0.2, 0.25) is 0 Å². The van der Waals surface area contributed by atoms with Crippen molar-refractivity contribution in [2.45, 2.75) is 12.6 Å². The third-order valence-corrected chi connectivity index (χ3v) is 5.02. The van der Waals surface area contributed by atoms with Crippen molar-refractivity contribution in [1.29, 1.82) is 0 Å². The minimum absolute atomic E-state index is 0.0186. The van der Waals surface area contributed by atoms with Gasteiger partial charge < -0.3 is 29.5 Å². The maximum Gasteiger partial charge on any atom is 0.289 e. The first-order valence-electron chi connectivity index (χ1n) is 9.01. The molecule has 2 amide bonds. The van der Waals surface area contributed by atoms with Gasteiger partial charge in [0.1, 0.15) is 5.75 Å². The van der Waals surface area contributed by atoms with Gasteiger partial charge in [-0.1, -0.05) is 24.3 Å². The van der Waals surface area contributed by atoms with Gasteiger partial charge in [0, 0.05) is 19.2 Å². The number of hydrogen-bond acceptors (Lipinski definition) is 6. The van der Waals surface area contributed by atoms with Crippen LogP contribution >= 0.6 is 0 Å². The molecule has 0 saturated heterocycles. The molecule has 0 bridgehead atoms. The second-order valence-corrected chi connectivity index (χ2v) is 6.69. The normalized spacial score (nSPS) is 17.7. The molecule has 29 heavy (non-hydrogen) atoms. The van der Waals surface area contributed by atoms with E-state index in [-0.39, 0.29) is 18.9 Å². The molecule has 2 N–H and O–H groups in total. The van der Waals surface area contributed by atoms with Crippen LogP contribution in [-0.4, -0.2) is 42.8 Å². The number of likely N-dealkylation sites (N-methyl/N-ethyl adjacent to an activating group) is 1. The lowest BCUT2D eigenvalue weighted by molar-refractivity contribution is -0.128. The predicted molar refractivity (Wildman–Crippen MR) is 103 cm³/mol. The van der Waals surface area contributed by atoms with E-state index in [9.17, 15) is 14.7 Å². The first-order valence-corrected chi connectivity index (χ1v) is 9.01. The summed E-state index contributed by atoms with van der Waals surface area (Å²) in [6.07, 6.45) is 0. The van der Waals surface area contributed by atoms with Crippen LogP contribution in [0, 0.1) is 0 Å². The van der Waals surface area contributed by atoms with Gasteiger partial charge in [-0.3, -0.25) is 9.59 Å². The summed E-state index contributed by atoms with van der Waals surface area (Å²) < 4.78 is 16.0. The number of methoxy groups -OCH3 is 1. The van der Waals surface area contributed by atoms with Crippen molar-refractivity contribution in [3.05, 3.63) is 64.9 Å². The van der Waals surface area contributed by atoms with Gasteiger partial charge in [-0.15, -0.1) is 0 Å². The number of rotatable bonds is 5. The summed E-state index contributed by atoms with van der Waals surface area (Å²) in [7, 11) is 3.11. The molecule has 1 unspecified atom stereocenters. The Balaban J connectivity index is 1.60. The SMILES string of the molecule is COc1ccc(CNC(=O)C2=C(O)C(=O)N(C)C2c2cccc3c2OCO3)cc1. The number of nitrogens with one attached hydrogen (secondary N) is 1. The van der Waals surface area contributed by atoms with Gasteiger partial charge in [-0.05, 0) is 23.8 Å². The number of ether oxygens (including phenoxy) is 3. The lowest BCUT2D eigenvalue weighted by Gasteiger charge is -2.23. The van der Waals surface area contributed by atoms with Crippen LogP contribution in [0.4, 0.5) is 0 Å². The molecular weight excluding hydrogens is 376 g/mol. The van der Waals surface area contributed by atoms with Crippen LogP contribution in [0.3, 0.4) is 0 Å². The maximum atomic E-state index is 12.9. The highest BCUT2D eigenvalue weighted by Crippen LogP contribution is 2.45. The van der Waals surface area contributed by atoms with Crippen molar-refractivity contribution in [1.82, 2.24) is 10.2 Å². The zero-order chi connectivity index (χ0) is 20.5. The highest BCUT2D eigenvalue weighted by Gasteiger charge is 2.43. The summed E-state index contributed by atoms with van der Waals surface area (Å²) in [5.74, 6) is -0.0106. The number of benzene rings is 2. The van der Waals surface area contributed by atoms with Gasteiger partial charge >= 0.3 is 0 Å². The van der Waals surface area contributed by atoms with E-state index in [1.54, 1.807) is 37.4 Å². The third kappa shape index (κ3) is 3.22. The number of fused-ring (bicyclic) bond motifs is 1. The lowest BCUT2D eigenvalue weighted by Crippen LogP contribution is -2.31. The number of aliphatic hydroxyl groups excluding tert-OH is 1. The number of amides is 2. The molecule has 8 heteroatoms. The Morgan fingerprint density at radius 2 is 2.00 bits per heavy atom. The zero-order valence-corrected chi connectivity index (χ0v) is 16.0. The minimum atomic E-state index is -0.782. The van der Waals surface area contributed by atoms with Crippen LogP contribution in [0.5, 0.6) is 17.2 Å². The molecule has 0 spiro atoms. The Hall–Kier alpha value is -3.68. The molecule has 0 aromatic heterocycles. The summed E-state index contributed by atoms with van der Waals surface area (Å²) in [6, 6.07) is 11.7. The average molecular weight is 396 g/mol. The summed E-state index contributed by atoms with van der Waals surface area (Å²) in [5.41, 5.74) is 1.41. The van der Waals surface area contributed by atoms with E-state index in [4.69, 9.17) is 14.2 Å². The van der Waals surface area contributed by atoms with Crippen LogP contribution in [-0.2, 0) is 16.1 Å². The summed E-state index contributed by atoms with van der Waals surface area (Å²) in [5, 5.41) is 13.2. The molecule has 0 saturated carbocycles. The molecule has 0 aliphatic carbocycles. The summed E-state index contributed by atoms with van der Waals surface area (Å²) >= 11 is 0. The second kappa shape index (κ2) is 7.38. The van der Waals surface area contributed by atoms with Gasteiger partial charge in [-0.25, -0.2) is 0 Å². The van der Waals surface area contributed by atoms with Gasteiger partial charge in [0.2, 0.25) is 6.79 Å². The fourth-order valence-corrected chi connectivity index (χ4v) is 3.51. The Morgan fingerprint density at radius 3 is 2.72 bits per heavy atom. The van der Waals surface area contributed by atoms with Crippen molar-refractivity contribution in [2.24, 2.45) is 0 Å². The number of para-hydroxylation sites is 1. The smallest absolute Gasteiger partial charge is 0.289 e. The van der Waals surface area contributed by atoms with Crippen LogP contribution in [0.1, 0.15) is 17.2 Å². The standard InChI is InChI=1S/C21H20N2O6/c1-23-17(14-4-3-5-15-19(14)29-11-28-15)16(18(24)21(23)26)20(25)22-10-12-6-8-13(27-2)9-7-12/h3-9,17,24H,10-11H2,1-2H3,(H,22,25). The van der Waals surface area contributed by atoms with Crippen molar-refractivity contribution < 1.29 is 28.9 Å². The molecule has 2 heterocycles. The largest absolute Gasteiger partial charge is 0.503 e. The van der Waals surface area contributed by atoms with Crippen molar-refractivity contribution in [3.63, 3.8) is 0 Å². The monoisotopic (exact) mass is 396 g/mol. The third-order valence-electron chi connectivity index (χ3n) is 5.02. The number of carbonyl (C=O) groups excluding carboxylic acids is 2. The molecule has 8 nitrogen and oxygen atoms in total. The highest BCUT2D eigenvalue weighted by atomic mass is 16.7. The molecule has 1 atom stereocenters. The Bertz CT molecular complexity index is 999. The van der Waals surface area contributed by atoms with E-state index in [0.29, 0.717) is 22.8 Å². The zero-order valence-electron chi connectivity index (χ0n) is 16.0. The van der Waals surface area contributed by atoms with Crippen LogP contribution in [0.25, 0.3) is 0 Å². The van der Waals surface area contributed by atoms with Gasteiger partial charge in [0.05, 0.1) is 18.7 Å². The molecule has 2 aromatic carbocycles. The van der Waals surface area contributed by atoms with Crippen molar-refractivity contribution in [3.8, 4) is 17.2 Å². The number of hydrogen-bond donors (Lipinski definition) is 2. The maximum absolute atomic E-state index is 12.9. The Kier molecular flexibility index (Phi) is 4.75. The minimum Gasteiger partial charge on any atom is -0.503 e. The molecule has 150 valence electrons. The van der Waals surface area contributed by atoms with Gasteiger partial charge in [0.15, 0.2) is 17.3 Å². The molecule has 2 aliphatic rings. The molecule has 2 aromatic rings. The summed E-state index contributed by atoms with van der Waals surface area (Å²) in [4.78, 5) is 26.6. The highest BCUT2D eigenvalue weighted by molar-refractivity contribution is 6.08. The number of aliphatic hydroxyl groups is 1. The fourth-order valence-electron chi connectivity index (χ4n) is 3.51. The Labute approximate surface area is 167 Å². The Morgan fingerprint density at radius 1 is 1.24 bits per heavy atom. The second-order valence-electron chi connectivity index (χ2n) is 6.69. The van der Waals surface area contributed by atoms with Crippen LogP contribution < -0.4 is 19.5 Å². The number of nitrogens with zero attached hydrogens (tertiary/aromatic N) is 1.